The third-order valence-electron chi connectivity index (χ3n) is 5.97. The van der Waals surface area contributed by atoms with Crippen molar-refractivity contribution in [3.8, 4) is 0 Å². The molecule has 1 saturated heterocycles. The normalized spacial score (nSPS) is 19.9. The number of anilines is 1. The monoisotopic (exact) mass is 391 g/mol. The van der Waals surface area contributed by atoms with Crippen LogP contribution in [0.3, 0.4) is 0 Å². The Morgan fingerprint density at radius 2 is 2.14 bits per heavy atom. The van der Waals surface area contributed by atoms with Crippen LogP contribution in [-0.2, 0) is 6.42 Å². The van der Waals surface area contributed by atoms with Crippen LogP contribution in [0, 0.1) is 5.92 Å². The molecule has 1 aliphatic carbocycles. The first-order chi connectivity index (χ1) is 13.7. The van der Waals surface area contributed by atoms with Gasteiger partial charge in [0.15, 0.2) is 5.78 Å². The Kier molecular flexibility index (Phi) is 4.63. The molecule has 0 aromatic carbocycles. The second-order valence-electron chi connectivity index (χ2n) is 8.31. The number of aromatic nitrogens is 2. The molecular formula is C23H25N3OS. The number of hydrogen-bond donors (Lipinski definition) is 0. The number of piperidine rings is 1. The molecule has 3 aromatic heterocycles. The smallest absolute Gasteiger partial charge is 0.185 e. The highest BCUT2D eigenvalue weighted by Gasteiger charge is 2.27. The van der Waals surface area contributed by atoms with E-state index in [0.717, 1.165) is 29.9 Å². The second kappa shape index (κ2) is 7.28. The minimum Gasteiger partial charge on any atom is -0.371 e. The van der Waals surface area contributed by atoms with E-state index in [-0.39, 0.29) is 5.78 Å². The zero-order valence-electron chi connectivity index (χ0n) is 16.2. The van der Waals surface area contributed by atoms with Gasteiger partial charge in [0.2, 0.25) is 0 Å². The second-order valence-corrected chi connectivity index (χ2v) is 9.22. The Bertz CT molecular complexity index is 1020. The van der Waals surface area contributed by atoms with E-state index in [2.05, 4.69) is 34.3 Å². The van der Waals surface area contributed by atoms with Crippen molar-refractivity contribution in [3.05, 3.63) is 52.8 Å². The van der Waals surface area contributed by atoms with E-state index in [1.807, 2.05) is 18.5 Å². The van der Waals surface area contributed by atoms with Crippen molar-refractivity contribution < 1.29 is 4.79 Å². The van der Waals surface area contributed by atoms with Crippen LogP contribution in [-0.4, -0.2) is 28.8 Å². The van der Waals surface area contributed by atoms with Crippen LogP contribution in [0.4, 0.5) is 5.69 Å². The number of nitrogens with zero attached hydrogens (tertiary/aromatic N) is 3. The maximum atomic E-state index is 13.1. The third kappa shape index (κ3) is 3.44. The van der Waals surface area contributed by atoms with Gasteiger partial charge in [-0.2, -0.15) is 0 Å². The van der Waals surface area contributed by atoms with Crippen molar-refractivity contribution >= 4 is 33.0 Å². The fourth-order valence-electron chi connectivity index (χ4n) is 4.31. The molecule has 3 aromatic rings. The average molecular weight is 392 g/mol. The largest absolute Gasteiger partial charge is 0.371 e. The predicted octanol–water partition coefficient (Wildman–Crippen LogP) is 5.23. The van der Waals surface area contributed by atoms with E-state index in [9.17, 15) is 4.79 Å². The standard InChI is InChI=1S/C23H25N3OS/c1-15-3-2-10-26(13-15)20-8-9-24-12-17(20)11-21(27)19-6-7-22-23(25-19)18(14-28-22)16-4-5-16/h6-9,12,14-16H,2-5,10-11,13H2,1H3/t15-/m0/s1. The molecule has 1 aliphatic heterocycles. The number of pyridine rings is 2. The molecule has 28 heavy (non-hydrogen) atoms. The summed E-state index contributed by atoms with van der Waals surface area (Å²) in [4.78, 5) is 24.6. The van der Waals surface area contributed by atoms with Crippen LogP contribution < -0.4 is 4.90 Å². The van der Waals surface area contributed by atoms with E-state index in [1.54, 1.807) is 11.3 Å². The van der Waals surface area contributed by atoms with Gasteiger partial charge < -0.3 is 4.90 Å². The Hall–Kier alpha value is -2.27. The van der Waals surface area contributed by atoms with Crippen molar-refractivity contribution in [1.82, 2.24) is 9.97 Å². The summed E-state index contributed by atoms with van der Waals surface area (Å²) >= 11 is 1.74. The van der Waals surface area contributed by atoms with Gasteiger partial charge in [0.25, 0.3) is 0 Å². The van der Waals surface area contributed by atoms with Crippen LogP contribution in [0.5, 0.6) is 0 Å². The van der Waals surface area contributed by atoms with Crippen LogP contribution in [0.25, 0.3) is 10.2 Å². The minimum absolute atomic E-state index is 0.0779. The molecule has 5 rings (SSSR count). The molecule has 2 fully saturated rings. The SMILES string of the molecule is C[C@H]1CCCN(c2ccncc2CC(=O)c2ccc3scc(C4CC4)c3n2)C1. The zero-order chi connectivity index (χ0) is 19.1. The van der Waals surface area contributed by atoms with E-state index in [4.69, 9.17) is 4.98 Å². The first kappa shape index (κ1) is 17.8. The Morgan fingerprint density at radius 3 is 2.96 bits per heavy atom. The van der Waals surface area contributed by atoms with E-state index >= 15 is 0 Å². The van der Waals surface area contributed by atoms with Gasteiger partial charge in [0, 0.05) is 43.2 Å². The van der Waals surface area contributed by atoms with Gasteiger partial charge in [-0.15, -0.1) is 11.3 Å². The molecule has 0 N–H and O–H groups in total. The van der Waals surface area contributed by atoms with E-state index < -0.39 is 0 Å². The number of ketones is 1. The third-order valence-corrected chi connectivity index (χ3v) is 6.93. The number of Topliss-reactive ketones (excluding diaryl/α,β-unsaturated/α-hetero) is 1. The van der Waals surface area contributed by atoms with Gasteiger partial charge in [0.1, 0.15) is 5.69 Å². The highest BCUT2D eigenvalue weighted by atomic mass is 32.1. The fourth-order valence-corrected chi connectivity index (χ4v) is 5.29. The average Bonchev–Trinajstić information content (AvgIpc) is 3.47. The van der Waals surface area contributed by atoms with Crippen molar-refractivity contribution in [2.45, 2.75) is 44.9 Å². The van der Waals surface area contributed by atoms with Crippen molar-refractivity contribution in [2.75, 3.05) is 18.0 Å². The molecule has 5 heteroatoms. The topological polar surface area (TPSA) is 46.1 Å². The lowest BCUT2D eigenvalue weighted by molar-refractivity contribution is 0.0988. The molecule has 0 spiro atoms. The number of rotatable bonds is 5. The summed E-state index contributed by atoms with van der Waals surface area (Å²) in [7, 11) is 0. The molecule has 0 amide bonds. The summed E-state index contributed by atoms with van der Waals surface area (Å²) in [6, 6.07) is 6.00. The van der Waals surface area contributed by atoms with E-state index in [0.29, 0.717) is 24.0 Å². The molecule has 1 saturated carbocycles. The number of carbonyl (C=O) groups is 1. The number of hydrogen-bond acceptors (Lipinski definition) is 5. The first-order valence-electron chi connectivity index (χ1n) is 10.3. The van der Waals surface area contributed by atoms with Crippen LogP contribution in [0.15, 0.2) is 36.0 Å². The summed E-state index contributed by atoms with van der Waals surface area (Å²) in [5, 5.41) is 2.22. The number of fused-ring (bicyclic) bond motifs is 1. The van der Waals surface area contributed by atoms with E-state index in [1.165, 1.54) is 35.9 Å². The maximum Gasteiger partial charge on any atom is 0.185 e. The summed E-state index contributed by atoms with van der Waals surface area (Å²) in [6.07, 6.45) is 9.03. The molecule has 144 valence electrons. The quantitative estimate of drug-likeness (QED) is 0.559. The molecule has 4 nitrogen and oxygen atoms in total. The van der Waals surface area contributed by atoms with Gasteiger partial charge in [-0.1, -0.05) is 6.92 Å². The van der Waals surface area contributed by atoms with Gasteiger partial charge in [-0.05, 0) is 66.7 Å². The Balaban J connectivity index is 1.41. The Morgan fingerprint density at radius 1 is 1.25 bits per heavy atom. The number of thiophene rings is 1. The molecule has 1 atom stereocenters. The van der Waals surface area contributed by atoms with Crippen LogP contribution in [0.1, 0.15) is 60.1 Å². The van der Waals surface area contributed by atoms with Gasteiger partial charge in [-0.3, -0.25) is 9.78 Å². The van der Waals surface area contributed by atoms with Gasteiger partial charge in [-0.25, -0.2) is 4.98 Å². The number of carbonyl (C=O) groups excluding carboxylic acids is 1. The highest BCUT2D eigenvalue weighted by molar-refractivity contribution is 7.17. The predicted molar refractivity (Wildman–Crippen MR) is 114 cm³/mol. The summed E-state index contributed by atoms with van der Waals surface area (Å²) in [5.74, 6) is 1.42. The van der Waals surface area contributed by atoms with Gasteiger partial charge in [0.05, 0.1) is 10.2 Å². The fraction of sp³-hybridized carbons (Fsp3) is 0.435. The van der Waals surface area contributed by atoms with Crippen LogP contribution >= 0.6 is 11.3 Å². The van der Waals surface area contributed by atoms with Crippen LogP contribution in [0.2, 0.25) is 0 Å². The first-order valence-corrected chi connectivity index (χ1v) is 11.2. The molecular weight excluding hydrogens is 366 g/mol. The molecule has 2 aliphatic rings. The van der Waals surface area contributed by atoms with Crippen molar-refractivity contribution in [2.24, 2.45) is 5.92 Å². The zero-order valence-corrected chi connectivity index (χ0v) is 17.0. The molecule has 4 heterocycles. The lowest BCUT2D eigenvalue weighted by Crippen LogP contribution is -2.35. The van der Waals surface area contributed by atoms with Crippen molar-refractivity contribution in [1.29, 1.82) is 0 Å². The Labute approximate surface area is 169 Å². The highest BCUT2D eigenvalue weighted by Crippen LogP contribution is 2.44. The lowest BCUT2D eigenvalue weighted by Gasteiger charge is -2.34. The maximum absolute atomic E-state index is 13.1. The molecule has 0 radical (unpaired) electrons. The summed E-state index contributed by atoms with van der Waals surface area (Å²) in [5.41, 5.74) is 5.12. The molecule has 0 bridgehead atoms. The summed E-state index contributed by atoms with van der Waals surface area (Å²) in [6.45, 7) is 4.41. The minimum atomic E-state index is 0.0779. The summed E-state index contributed by atoms with van der Waals surface area (Å²) < 4.78 is 1.18. The lowest BCUT2D eigenvalue weighted by atomic mass is 9.98. The van der Waals surface area contributed by atoms with Crippen molar-refractivity contribution in [3.63, 3.8) is 0 Å². The molecule has 0 unspecified atom stereocenters. The van der Waals surface area contributed by atoms with Gasteiger partial charge >= 0.3 is 0 Å².